The molecule has 0 aromatic carbocycles. The van der Waals surface area contributed by atoms with Crippen LogP contribution in [0.5, 0.6) is 0 Å². The molecule has 0 bridgehead atoms. The lowest BCUT2D eigenvalue weighted by Crippen LogP contribution is -2.38. The average molecular weight is 210 g/mol. The van der Waals surface area contributed by atoms with Gasteiger partial charge in [-0.05, 0) is 19.5 Å². The molecule has 0 spiro atoms. The lowest BCUT2D eigenvalue weighted by atomic mass is 10.1. The second-order valence-corrected chi connectivity index (χ2v) is 3.99. The topological polar surface area (TPSA) is 51.6 Å². The van der Waals surface area contributed by atoms with E-state index in [0.29, 0.717) is 12.6 Å². The number of rotatable bonds is 4. The predicted molar refractivity (Wildman–Crippen MR) is 57.5 cm³/mol. The van der Waals surface area contributed by atoms with E-state index >= 15 is 0 Å². The van der Waals surface area contributed by atoms with Crippen LogP contribution in [-0.4, -0.2) is 37.7 Å². The van der Waals surface area contributed by atoms with Crippen molar-refractivity contribution >= 4 is 0 Å². The molecule has 1 saturated heterocycles. The summed E-state index contributed by atoms with van der Waals surface area (Å²) in [5, 5.41) is 0. The van der Waals surface area contributed by atoms with Crippen LogP contribution < -0.4 is 5.73 Å². The Labute approximate surface area is 90.0 Å². The second kappa shape index (κ2) is 4.79. The van der Waals surface area contributed by atoms with Crippen LogP contribution in [0.1, 0.15) is 18.0 Å². The molecule has 1 aliphatic heterocycles. The van der Waals surface area contributed by atoms with Crippen LogP contribution in [0.25, 0.3) is 0 Å². The molecular weight excluding hydrogens is 192 g/mol. The molecule has 2 N–H and O–H groups in total. The number of ether oxygens (including phenoxy) is 1. The Morgan fingerprint density at radius 2 is 2.53 bits per heavy atom. The first kappa shape index (κ1) is 10.7. The van der Waals surface area contributed by atoms with Gasteiger partial charge in [0.15, 0.2) is 0 Å². The summed E-state index contributed by atoms with van der Waals surface area (Å²) in [7, 11) is 2.10. The summed E-state index contributed by atoms with van der Waals surface area (Å²) in [6.45, 7) is 2.27. The highest BCUT2D eigenvalue weighted by molar-refractivity contribution is 5.12. The minimum Gasteiger partial charge on any atom is -0.472 e. The van der Waals surface area contributed by atoms with E-state index in [1.807, 2.05) is 6.07 Å². The van der Waals surface area contributed by atoms with Crippen molar-refractivity contribution in [1.82, 2.24) is 4.90 Å². The van der Waals surface area contributed by atoms with Crippen molar-refractivity contribution in [1.29, 1.82) is 0 Å². The number of hydrogen-bond acceptors (Lipinski definition) is 4. The molecule has 1 aliphatic rings. The molecule has 84 valence electrons. The molecule has 15 heavy (non-hydrogen) atoms. The molecule has 4 heteroatoms. The summed E-state index contributed by atoms with van der Waals surface area (Å²) in [6, 6.07) is 2.69. The number of nitrogens with two attached hydrogens (primary N) is 1. The smallest absolute Gasteiger partial charge is 0.0950 e. The fourth-order valence-electron chi connectivity index (χ4n) is 2.10. The molecule has 1 aromatic rings. The van der Waals surface area contributed by atoms with Gasteiger partial charge in [0.25, 0.3) is 0 Å². The van der Waals surface area contributed by atoms with Gasteiger partial charge in [-0.3, -0.25) is 4.90 Å². The van der Waals surface area contributed by atoms with E-state index in [0.717, 1.165) is 25.2 Å². The van der Waals surface area contributed by atoms with Crippen LogP contribution in [0.15, 0.2) is 23.0 Å². The predicted octanol–water partition coefficient (Wildman–Crippen LogP) is 1.00. The normalized spacial score (nSPS) is 23.5. The molecule has 0 amide bonds. The zero-order valence-corrected chi connectivity index (χ0v) is 9.06. The first-order chi connectivity index (χ1) is 7.33. The Bertz CT molecular complexity index is 281. The minimum absolute atomic E-state index is 0.232. The SMILES string of the molecule is CN(C1CCOC1)C(CN)c1ccoc1. The Morgan fingerprint density at radius 3 is 3.07 bits per heavy atom. The van der Waals surface area contributed by atoms with Crippen LogP contribution in [0.2, 0.25) is 0 Å². The van der Waals surface area contributed by atoms with Crippen molar-refractivity contribution in [3.05, 3.63) is 24.2 Å². The van der Waals surface area contributed by atoms with Crippen LogP contribution in [-0.2, 0) is 4.74 Å². The number of furan rings is 1. The van der Waals surface area contributed by atoms with E-state index in [1.54, 1.807) is 12.5 Å². The van der Waals surface area contributed by atoms with Gasteiger partial charge in [-0.1, -0.05) is 0 Å². The number of hydrogen-bond donors (Lipinski definition) is 1. The maximum absolute atomic E-state index is 5.81. The third kappa shape index (κ3) is 2.22. The zero-order chi connectivity index (χ0) is 10.7. The molecule has 2 atom stereocenters. The molecule has 0 radical (unpaired) electrons. The van der Waals surface area contributed by atoms with E-state index in [9.17, 15) is 0 Å². The Morgan fingerprint density at radius 1 is 1.67 bits per heavy atom. The van der Waals surface area contributed by atoms with Gasteiger partial charge in [0.05, 0.1) is 25.2 Å². The fraction of sp³-hybridized carbons (Fsp3) is 0.636. The van der Waals surface area contributed by atoms with E-state index < -0.39 is 0 Å². The van der Waals surface area contributed by atoms with Crippen molar-refractivity contribution in [2.24, 2.45) is 5.73 Å². The summed E-state index contributed by atoms with van der Waals surface area (Å²) in [4.78, 5) is 2.29. The summed E-state index contributed by atoms with van der Waals surface area (Å²) in [6.07, 6.45) is 4.55. The van der Waals surface area contributed by atoms with E-state index in [4.69, 9.17) is 14.9 Å². The molecule has 2 unspecified atom stereocenters. The summed E-state index contributed by atoms with van der Waals surface area (Å²) in [5.41, 5.74) is 6.95. The van der Waals surface area contributed by atoms with E-state index in [1.165, 1.54) is 0 Å². The molecule has 1 fully saturated rings. The standard InChI is InChI=1S/C11H18N2O2/c1-13(10-3-5-15-8-10)11(6-12)9-2-4-14-7-9/h2,4,7,10-11H,3,5-6,8,12H2,1H3. The molecule has 1 aromatic heterocycles. The lowest BCUT2D eigenvalue weighted by Gasteiger charge is -2.30. The highest BCUT2D eigenvalue weighted by Gasteiger charge is 2.26. The highest BCUT2D eigenvalue weighted by atomic mass is 16.5. The molecule has 0 saturated carbocycles. The summed E-state index contributed by atoms with van der Waals surface area (Å²) in [5.74, 6) is 0. The van der Waals surface area contributed by atoms with Crippen LogP contribution in [0.3, 0.4) is 0 Å². The zero-order valence-electron chi connectivity index (χ0n) is 9.06. The van der Waals surface area contributed by atoms with Gasteiger partial charge in [-0.15, -0.1) is 0 Å². The fourth-order valence-corrected chi connectivity index (χ4v) is 2.10. The van der Waals surface area contributed by atoms with Crippen molar-refractivity contribution < 1.29 is 9.15 Å². The second-order valence-electron chi connectivity index (χ2n) is 3.99. The van der Waals surface area contributed by atoms with Crippen LogP contribution >= 0.6 is 0 Å². The van der Waals surface area contributed by atoms with Gasteiger partial charge in [-0.25, -0.2) is 0 Å². The van der Waals surface area contributed by atoms with Crippen LogP contribution in [0.4, 0.5) is 0 Å². The van der Waals surface area contributed by atoms with Gasteiger partial charge in [-0.2, -0.15) is 0 Å². The maximum Gasteiger partial charge on any atom is 0.0950 e. The molecule has 2 rings (SSSR count). The summed E-state index contributed by atoms with van der Waals surface area (Å²) < 4.78 is 10.5. The Balaban J connectivity index is 2.05. The molecule has 4 nitrogen and oxygen atoms in total. The van der Waals surface area contributed by atoms with Gasteiger partial charge >= 0.3 is 0 Å². The van der Waals surface area contributed by atoms with E-state index in [-0.39, 0.29) is 6.04 Å². The Hall–Kier alpha value is -0.840. The first-order valence-corrected chi connectivity index (χ1v) is 5.34. The van der Waals surface area contributed by atoms with Crippen molar-refractivity contribution in [3.8, 4) is 0 Å². The van der Waals surface area contributed by atoms with Gasteiger partial charge in [0.2, 0.25) is 0 Å². The number of nitrogens with zero attached hydrogens (tertiary/aromatic N) is 1. The molecular formula is C11H18N2O2. The molecule has 0 aliphatic carbocycles. The third-order valence-electron chi connectivity index (χ3n) is 3.12. The summed E-state index contributed by atoms with van der Waals surface area (Å²) >= 11 is 0. The van der Waals surface area contributed by atoms with Crippen LogP contribution in [0, 0.1) is 0 Å². The van der Waals surface area contributed by atoms with Crippen molar-refractivity contribution in [2.45, 2.75) is 18.5 Å². The van der Waals surface area contributed by atoms with Gasteiger partial charge in [0.1, 0.15) is 0 Å². The third-order valence-corrected chi connectivity index (χ3v) is 3.12. The van der Waals surface area contributed by atoms with Gasteiger partial charge < -0.3 is 14.9 Å². The van der Waals surface area contributed by atoms with Crippen molar-refractivity contribution in [3.63, 3.8) is 0 Å². The highest BCUT2D eigenvalue weighted by Crippen LogP contribution is 2.23. The monoisotopic (exact) mass is 210 g/mol. The van der Waals surface area contributed by atoms with E-state index in [2.05, 4.69) is 11.9 Å². The Kier molecular flexibility index (Phi) is 3.41. The molecule has 2 heterocycles. The minimum atomic E-state index is 0.232. The van der Waals surface area contributed by atoms with Gasteiger partial charge in [0, 0.05) is 24.8 Å². The maximum atomic E-state index is 5.81. The number of likely N-dealkylation sites (N-methyl/N-ethyl adjacent to an activating group) is 1. The first-order valence-electron chi connectivity index (χ1n) is 5.34. The van der Waals surface area contributed by atoms with Crippen molar-refractivity contribution in [2.75, 3.05) is 26.8 Å². The lowest BCUT2D eigenvalue weighted by molar-refractivity contribution is 0.134. The quantitative estimate of drug-likeness (QED) is 0.805. The average Bonchev–Trinajstić information content (AvgIpc) is 2.91. The largest absolute Gasteiger partial charge is 0.472 e.